The zero-order chi connectivity index (χ0) is 17.7. The molecule has 0 aliphatic carbocycles. The number of aryl methyl sites for hydroxylation is 2. The fourth-order valence-corrected chi connectivity index (χ4v) is 2.98. The molecule has 1 saturated heterocycles. The van der Waals surface area contributed by atoms with Crippen molar-refractivity contribution in [1.29, 1.82) is 0 Å². The quantitative estimate of drug-likeness (QED) is 0.852. The van der Waals surface area contributed by atoms with Crippen molar-refractivity contribution in [2.45, 2.75) is 47.0 Å². The first-order valence-corrected chi connectivity index (χ1v) is 8.96. The van der Waals surface area contributed by atoms with Crippen LogP contribution in [-0.4, -0.2) is 47.8 Å². The van der Waals surface area contributed by atoms with Crippen LogP contribution < -0.4 is 0 Å². The van der Waals surface area contributed by atoms with Gasteiger partial charge in [-0.2, -0.15) is 0 Å². The van der Waals surface area contributed by atoms with E-state index in [2.05, 4.69) is 31.2 Å². The van der Waals surface area contributed by atoms with Crippen LogP contribution >= 0.6 is 0 Å². The van der Waals surface area contributed by atoms with Crippen LogP contribution in [0.1, 0.15) is 45.2 Å². The van der Waals surface area contributed by atoms with E-state index in [1.54, 1.807) is 0 Å². The molecule has 0 unspecified atom stereocenters. The molecule has 0 bridgehead atoms. The molecule has 1 aromatic carbocycles. The summed E-state index contributed by atoms with van der Waals surface area (Å²) in [5.74, 6) is 0.364. The van der Waals surface area contributed by atoms with Gasteiger partial charge in [0.1, 0.15) is 0 Å². The summed E-state index contributed by atoms with van der Waals surface area (Å²) < 4.78 is 0. The van der Waals surface area contributed by atoms with Gasteiger partial charge < -0.3 is 9.80 Å². The molecule has 1 aliphatic rings. The van der Waals surface area contributed by atoms with Crippen LogP contribution in [0, 0.1) is 5.41 Å². The van der Waals surface area contributed by atoms with Crippen molar-refractivity contribution in [2.75, 3.05) is 26.2 Å². The summed E-state index contributed by atoms with van der Waals surface area (Å²) in [6.07, 6.45) is 2.36. The van der Waals surface area contributed by atoms with Crippen LogP contribution in [0.4, 0.5) is 0 Å². The Bertz CT molecular complexity index is 564. The lowest BCUT2D eigenvalue weighted by atomic mass is 9.94. The standard InChI is InChI=1S/C20H30N2O2/c1-5-16-6-8-17(9-7-16)10-11-18(23)21-12-14-22(15-13-21)19(24)20(2,3)4/h6-9H,5,10-15H2,1-4H3. The lowest BCUT2D eigenvalue weighted by Gasteiger charge is -2.37. The van der Waals surface area contributed by atoms with Crippen molar-refractivity contribution in [3.05, 3.63) is 35.4 Å². The van der Waals surface area contributed by atoms with Gasteiger partial charge in [-0.15, -0.1) is 0 Å². The molecule has 2 amide bonds. The number of rotatable bonds is 4. The van der Waals surface area contributed by atoms with Gasteiger partial charge in [0.25, 0.3) is 0 Å². The predicted octanol–water partition coefficient (Wildman–Crippen LogP) is 2.90. The van der Waals surface area contributed by atoms with Gasteiger partial charge in [0.15, 0.2) is 0 Å². The maximum Gasteiger partial charge on any atom is 0.228 e. The number of benzene rings is 1. The number of piperazine rings is 1. The highest BCUT2D eigenvalue weighted by atomic mass is 16.2. The molecule has 1 aromatic rings. The van der Waals surface area contributed by atoms with Crippen molar-refractivity contribution in [2.24, 2.45) is 5.41 Å². The maximum atomic E-state index is 12.4. The van der Waals surface area contributed by atoms with Crippen LogP contribution in [0.2, 0.25) is 0 Å². The highest BCUT2D eigenvalue weighted by molar-refractivity contribution is 5.82. The Morgan fingerprint density at radius 2 is 1.42 bits per heavy atom. The molecule has 0 aromatic heterocycles. The first-order chi connectivity index (χ1) is 11.3. The predicted molar refractivity (Wildman–Crippen MR) is 96.8 cm³/mol. The minimum Gasteiger partial charge on any atom is -0.339 e. The number of carbonyl (C=O) groups is 2. The molecule has 1 heterocycles. The second-order valence-electron chi connectivity index (χ2n) is 7.59. The number of nitrogens with zero attached hydrogens (tertiary/aromatic N) is 2. The third-order valence-electron chi connectivity index (χ3n) is 4.62. The van der Waals surface area contributed by atoms with Gasteiger partial charge in [0.05, 0.1) is 0 Å². The molecular formula is C20H30N2O2. The largest absolute Gasteiger partial charge is 0.339 e. The van der Waals surface area contributed by atoms with Gasteiger partial charge in [-0.25, -0.2) is 0 Å². The monoisotopic (exact) mass is 330 g/mol. The Kier molecular flexibility index (Phi) is 6.03. The minimum absolute atomic E-state index is 0.172. The summed E-state index contributed by atoms with van der Waals surface area (Å²) in [6, 6.07) is 8.51. The summed E-state index contributed by atoms with van der Waals surface area (Å²) in [6.45, 7) is 10.6. The van der Waals surface area contributed by atoms with Gasteiger partial charge >= 0.3 is 0 Å². The van der Waals surface area contributed by atoms with Gasteiger partial charge in [-0.05, 0) is 24.0 Å². The highest BCUT2D eigenvalue weighted by Crippen LogP contribution is 2.19. The number of hydrogen-bond acceptors (Lipinski definition) is 2. The molecule has 0 saturated carbocycles. The van der Waals surface area contributed by atoms with Gasteiger partial charge in [-0.3, -0.25) is 9.59 Å². The topological polar surface area (TPSA) is 40.6 Å². The zero-order valence-corrected chi connectivity index (χ0v) is 15.5. The van der Waals surface area contributed by atoms with E-state index in [1.807, 2.05) is 30.6 Å². The van der Waals surface area contributed by atoms with E-state index in [1.165, 1.54) is 11.1 Å². The third-order valence-corrected chi connectivity index (χ3v) is 4.62. The SMILES string of the molecule is CCc1ccc(CCC(=O)N2CCN(C(=O)C(C)(C)C)CC2)cc1. The zero-order valence-electron chi connectivity index (χ0n) is 15.5. The number of amides is 2. The summed E-state index contributed by atoms with van der Waals surface area (Å²) in [4.78, 5) is 28.4. The van der Waals surface area contributed by atoms with Gasteiger partial charge in [0, 0.05) is 38.0 Å². The lowest BCUT2D eigenvalue weighted by Crippen LogP contribution is -2.53. The molecular weight excluding hydrogens is 300 g/mol. The molecule has 0 N–H and O–H groups in total. The Labute approximate surface area is 145 Å². The Morgan fingerprint density at radius 3 is 1.92 bits per heavy atom. The van der Waals surface area contributed by atoms with Gasteiger partial charge in [0.2, 0.25) is 11.8 Å². The lowest BCUT2D eigenvalue weighted by molar-refractivity contribution is -0.144. The van der Waals surface area contributed by atoms with E-state index in [0.717, 1.165) is 12.8 Å². The van der Waals surface area contributed by atoms with E-state index < -0.39 is 0 Å². The average molecular weight is 330 g/mol. The molecule has 132 valence electrons. The van der Waals surface area contributed by atoms with E-state index in [9.17, 15) is 9.59 Å². The van der Waals surface area contributed by atoms with Crippen molar-refractivity contribution in [3.63, 3.8) is 0 Å². The fraction of sp³-hybridized carbons (Fsp3) is 0.600. The van der Waals surface area contributed by atoms with Crippen LogP contribution in [0.25, 0.3) is 0 Å². The normalized spacial score (nSPS) is 15.5. The second kappa shape index (κ2) is 7.82. The summed E-state index contributed by atoms with van der Waals surface area (Å²) in [7, 11) is 0. The summed E-state index contributed by atoms with van der Waals surface area (Å²) in [5, 5.41) is 0. The van der Waals surface area contributed by atoms with Crippen LogP contribution in [-0.2, 0) is 22.4 Å². The van der Waals surface area contributed by atoms with Crippen molar-refractivity contribution >= 4 is 11.8 Å². The highest BCUT2D eigenvalue weighted by Gasteiger charge is 2.30. The van der Waals surface area contributed by atoms with E-state index in [4.69, 9.17) is 0 Å². The average Bonchev–Trinajstić information content (AvgIpc) is 2.58. The Hall–Kier alpha value is -1.84. The number of hydrogen-bond donors (Lipinski definition) is 0. The smallest absolute Gasteiger partial charge is 0.228 e. The molecule has 2 rings (SSSR count). The fourth-order valence-electron chi connectivity index (χ4n) is 2.98. The van der Waals surface area contributed by atoms with Crippen molar-refractivity contribution < 1.29 is 9.59 Å². The van der Waals surface area contributed by atoms with E-state index >= 15 is 0 Å². The molecule has 1 fully saturated rings. The third kappa shape index (κ3) is 4.83. The molecule has 1 aliphatic heterocycles. The van der Waals surface area contributed by atoms with Crippen molar-refractivity contribution in [3.8, 4) is 0 Å². The van der Waals surface area contributed by atoms with Crippen LogP contribution in [0.5, 0.6) is 0 Å². The second-order valence-corrected chi connectivity index (χ2v) is 7.59. The molecule has 4 nitrogen and oxygen atoms in total. The summed E-state index contributed by atoms with van der Waals surface area (Å²) in [5.41, 5.74) is 2.18. The minimum atomic E-state index is -0.350. The van der Waals surface area contributed by atoms with Crippen molar-refractivity contribution in [1.82, 2.24) is 9.80 Å². The maximum absolute atomic E-state index is 12.4. The molecule has 0 spiro atoms. The van der Waals surface area contributed by atoms with E-state index in [0.29, 0.717) is 32.6 Å². The van der Waals surface area contributed by atoms with Crippen LogP contribution in [0.15, 0.2) is 24.3 Å². The summed E-state index contributed by atoms with van der Waals surface area (Å²) >= 11 is 0. The molecule has 0 atom stereocenters. The Balaban J connectivity index is 1.79. The molecule has 24 heavy (non-hydrogen) atoms. The van der Waals surface area contributed by atoms with Gasteiger partial charge in [-0.1, -0.05) is 52.0 Å². The first kappa shape index (κ1) is 18.5. The number of carbonyl (C=O) groups excluding carboxylic acids is 2. The molecule has 0 radical (unpaired) electrons. The van der Waals surface area contributed by atoms with Crippen LogP contribution in [0.3, 0.4) is 0 Å². The first-order valence-electron chi connectivity index (χ1n) is 8.96. The molecule has 4 heteroatoms. The van der Waals surface area contributed by atoms with E-state index in [-0.39, 0.29) is 17.2 Å². The Morgan fingerprint density at radius 1 is 0.917 bits per heavy atom.